The number of esters is 1. The third-order valence-corrected chi connectivity index (χ3v) is 7.08. The van der Waals surface area contributed by atoms with Crippen LogP contribution in [0, 0.1) is 11.6 Å². The lowest BCUT2D eigenvalue weighted by Gasteiger charge is -2.36. The third-order valence-electron chi connectivity index (χ3n) is 7.08. The first-order chi connectivity index (χ1) is 17.9. The van der Waals surface area contributed by atoms with E-state index >= 15 is 0 Å². The Hall–Kier alpha value is -3.93. The van der Waals surface area contributed by atoms with Gasteiger partial charge in [0.2, 0.25) is 0 Å². The van der Waals surface area contributed by atoms with Crippen molar-refractivity contribution in [2.24, 2.45) is 0 Å². The number of anilines is 2. The van der Waals surface area contributed by atoms with E-state index in [9.17, 15) is 13.6 Å². The van der Waals surface area contributed by atoms with E-state index in [1.165, 1.54) is 47.7 Å². The van der Waals surface area contributed by atoms with E-state index < -0.39 is 17.6 Å². The molecule has 37 heavy (non-hydrogen) atoms. The quantitative estimate of drug-likeness (QED) is 0.242. The van der Waals surface area contributed by atoms with Gasteiger partial charge in [0.15, 0.2) is 0 Å². The zero-order chi connectivity index (χ0) is 25.9. The first-order valence-corrected chi connectivity index (χ1v) is 12.5. The van der Waals surface area contributed by atoms with Crippen molar-refractivity contribution < 1.29 is 23.0 Å². The molecule has 0 saturated carbocycles. The number of methoxy groups -OCH3 is 1. The highest BCUT2D eigenvalue weighted by molar-refractivity contribution is 5.91. The molecular weight excluding hydrogens is 472 g/mol. The molecule has 6 heteroatoms. The molecule has 1 heterocycles. The lowest BCUT2D eigenvalue weighted by atomic mass is 9.90. The molecule has 0 saturated heterocycles. The average Bonchev–Trinajstić information content (AvgIpc) is 2.92. The largest absolute Gasteiger partial charge is 0.486 e. The fraction of sp³-hybridized carbons (Fsp3) is 0.258. The molecule has 0 radical (unpaired) electrons. The van der Waals surface area contributed by atoms with Crippen LogP contribution in [0.4, 0.5) is 20.2 Å². The molecule has 1 aliphatic heterocycles. The molecule has 0 amide bonds. The summed E-state index contributed by atoms with van der Waals surface area (Å²) in [6, 6.07) is 23.5. The summed E-state index contributed by atoms with van der Waals surface area (Å²) in [6.07, 6.45) is 2.58. The van der Waals surface area contributed by atoms with Gasteiger partial charge in [0.05, 0.1) is 24.9 Å². The van der Waals surface area contributed by atoms with Crippen LogP contribution in [0.2, 0.25) is 0 Å². The molecule has 2 atom stereocenters. The number of hydrogen-bond acceptors (Lipinski definition) is 4. The Balaban J connectivity index is 1.34. The second-order valence-corrected chi connectivity index (χ2v) is 9.52. The van der Waals surface area contributed by atoms with Crippen molar-refractivity contribution in [2.75, 3.05) is 18.6 Å². The van der Waals surface area contributed by atoms with Crippen LogP contribution in [0.15, 0.2) is 78.9 Å². The molecule has 0 aliphatic carbocycles. The molecule has 4 nitrogen and oxygen atoms in total. The maximum absolute atomic E-state index is 14.3. The van der Waals surface area contributed by atoms with Crippen molar-refractivity contribution in [2.45, 2.75) is 38.2 Å². The van der Waals surface area contributed by atoms with Gasteiger partial charge in [0, 0.05) is 11.8 Å². The normalized spacial score (nSPS) is 15.7. The SMILES string of the molecule is COC(=O)c1cc(N2CC(CCC[C@H](C)c3cccc4ccccc34)Oc3ccc(F)cc32)ccc1F. The summed E-state index contributed by atoms with van der Waals surface area (Å²) in [7, 11) is 1.21. The van der Waals surface area contributed by atoms with Crippen molar-refractivity contribution in [3.05, 3.63) is 102 Å². The molecule has 0 spiro atoms. The smallest absolute Gasteiger partial charge is 0.340 e. The first kappa shape index (κ1) is 24.8. The van der Waals surface area contributed by atoms with Crippen molar-refractivity contribution in [1.29, 1.82) is 0 Å². The van der Waals surface area contributed by atoms with E-state index in [2.05, 4.69) is 49.4 Å². The van der Waals surface area contributed by atoms with Gasteiger partial charge in [-0.15, -0.1) is 0 Å². The summed E-state index contributed by atoms with van der Waals surface area (Å²) in [6.45, 7) is 2.70. The molecule has 5 rings (SSSR count). The Kier molecular flexibility index (Phi) is 7.08. The van der Waals surface area contributed by atoms with Gasteiger partial charge >= 0.3 is 5.97 Å². The van der Waals surface area contributed by atoms with Gasteiger partial charge in [0.25, 0.3) is 0 Å². The molecule has 1 unspecified atom stereocenters. The summed E-state index contributed by atoms with van der Waals surface area (Å²) < 4.78 is 39.4. The summed E-state index contributed by atoms with van der Waals surface area (Å²) in [5.41, 5.74) is 2.30. The number of halogens is 2. The lowest BCUT2D eigenvalue weighted by Crippen LogP contribution is -2.37. The van der Waals surface area contributed by atoms with Crippen LogP contribution >= 0.6 is 0 Å². The fourth-order valence-electron chi connectivity index (χ4n) is 5.15. The van der Waals surface area contributed by atoms with Gasteiger partial charge < -0.3 is 14.4 Å². The van der Waals surface area contributed by atoms with Gasteiger partial charge in [-0.2, -0.15) is 0 Å². The maximum Gasteiger partial charge on any atom is 0.340 e. The zero-order valence-corrected chi connectivity index (χ0v) is 20.9. The van der Waals surface area contributed by atoms with Crippen molar-refractivity contribution in [3.8, 4) is 5.75 Å². The van der Waals surface area contributed by atoms with Gasteiger partial charge in [-0.25, -0.2) is 13.6 Å². The van der Waals surface area contributed by atoms with Crippen molar-refractivity contribution in [3.63, 3.8) is 0 Å². The maximum atomic E-state index is 14.3. The Morgan fingerprint density at radius 3 is 2.70 bits per heavy atom. The van der Waals surface area contributed by atoms with Crippen LogP contribution in [-0.2, 0) is 4.74 Å². The highest BCUT2D eigenvalue weighted by Crippen LogP contribution is 2.40. The minimum absolute atomic E-state index is 0.149. The Bertz CT molecular complexity index is 1430. The van der Waals surface area contributed by atoms with E-state index in [4.69, 9.17) is 9.47 Å². The Morgan fingerprint density at radius 1 is 1.05 bits per heavy atom. The van der Waals surface area contributed by atoms with E-state index in [0.29, 0.717) is 29.6 Å². The molecular formula is C31H29F2NO3. The first-order valence-electron chi connectivity index (χ1n) is 12.5. The second-order valence-electron chi connectivity index (χ2n) is 9.52. The van der Waals surface area contributed by atoms with Crippen LogP contribution in [-0.4, -0.2) is 25.7 Å². The number of rotatable bonds is 7. The van der Waals surface area contributed by atoms with Gasteiger partial charge in [0.1, 0.15) is 23.5 Å². The molecule has 0 fully saturated rings. The average molecular weight is 502 g/mol. The standard InChI is InChI=1S/C31H29F2NO3/c1-20(25-12-6-9-21-8-3-4-11-26(21)25)7-5-10-24-19-34(29-17-22(32)13-16-30(29)37-24)23-14-15-28(33)27(18-23)31(35)36-2/h3-4,6,8-9,11-18,20,24H,5,7,10,19H2,1-2H3/t20-,24?/m0/s1. The summed E-state index contributed by atoms with van der Waals surface area (Å²) in [4.78, 5) is 14.0. The number of carbonyl (C=O) groups is 1. The molecule has 0 bridgehead atoms. The number of nitrogens with zero attached hydrogens (tertiary/aromatic N) is 1. The molecule has 1 aliphatic rings. The van der Waals surface area contributed by atoms with Gasteiger partial charge in [-0.3, -0.25) is 0 Å². The van der Waals surface area contributed by atoms with Crippen molar-refractivity contribution >= 4 is 28.1 Å². The van der Waals surface area contributed by atoms with E-state index in [-0.39, 0.29) is 11.7 Å². The minimum Gasteiger partial charge on any atom is -0.486 e. The number of carbonyl (C=O) groups excluding carboxylic acids is 1. The third kappa shape index (κ3) is 5.15. The Morgan fingerprint density at radius 2 is 1.86 bits per heavy atom. The topological polar surface area (TPSA) is 38.8 Å². The predicted octanol–water partition coefficient (Wildman–Crippen LogP) is 7.78. The zero-order valence-electron chi connectivity index (χ0n) is 20.9. The van der Waals surface area contributed by atoms with E-state index in [0.717, 1.165) is 19.3 Å². The van der Waals surface area contributed by atoms with Crippen molar-refractivity contribution in [1.82, 2.24) is 0 Å². The molecule has 190 valence electrons. The van der Waals surface area contributed by atoms with E-state index in [1.54, 1.807) is 12.1 Å². The number of ether oxygens (including phenoxy) is 2. The molecule has 0 aromatic heterocycles. The highest BCUT2D eigenvalue weighted by atomic mass is 19.1. The fourth-order valence-corrected chi connectivity index (χ4v) is 5.15. The lowest BCUT2D eigenvalue weighted by molar-refractivity contribution is 0.0595. The Labute approximate surface area is 215 Å². The van der Waals surface area contributed by atoms with E-state index in [1.807, 2.05) is 4.90 Å². The number of hydrogen-bond donors (Lipinski definition) is 0. The monoisotopic (exact) mass is 501 g/mol. The minimum atomic E-state index is -0.758. The predicted molar refractivity (Wildman–Crippen MR) is 142 cm³/mol. The summed E-state index contributed by atoms with van der Waals surface area (Å²) >= 11 is 0. The highest BCUT2D eigenvalue weighted by Gasteiger charge is 2.28. The summed E-state index contributed by atoms with van der Waals surface area (Å²) in [5.74, 6) is -0.881. The van der Waals surface area contributed by atoms with Gasteiger partial charge in [-0.05, 0) is 71.8 Å². The van der Waals surface area contributed by atoms with Crippen LogP contribution in [0.3, 0.4) is 0 Å². The van der Waals surface area contributed by atoms with Crippen LogP contribution < -0.4 is 9.64 Å². The van der Waals surface area contributed by atoms with Gasteiger partial charge in [-0.1, -0.05) is 49.4 Å². The molecule has 0 N–H and O–H groups in total. The van der Waals surface area contributed by atoms with Crippen LogP contribution in [0.1, 0.15) is 48.0 Å². The molecule has 4 aromatic rings. The second kappa shape index (κ2) is 10.6. The van der Waals surface area contributed by atoms with Crippen LogP contribution in [0.5, 0.6) is 5.75 Å². The summed E-state index contributed by atoms with van der Waals surface area (Å²) in [5, 5.41) is 2.53. The van der Waals surface area contributed by atoms with Crippen LogP contribution in [0.25, 0.3) is 10.8 Å². The molecule has 4 aromatic carbocycles. The number of fused-ring (bicyclic) bond motifs is 2. The number of benzene rings is 4.